The lowest BCUT2D eigenvalue weighted by Crippen LogP contribution is -1.94. The molecule has 3 rings (SSSR count). The van der Waals surface area contributed by atoms with Crippen molar-refractivity contribution in [2.24, 2.45) is 7.05 Å². The van der Waals surface area contributed by atoms with Crippen LogP contribution >= 0.6 is 11.8 Å². The van der Waals surface area contributed by atoms with Crippen molar-refractivity contribution in [1.82, 2.24) is 19.7 Å². The summed E-state index contributed by atoms with van der Waals surface area (Å²) in [6.45, 7) is 1.95. The molecule has 9 heteroatoms. The van der Waals surface area contributed by atoms with Gasteiger partial charge >= 0.3 is 0 Å². The second-order valence-electron chi connectivity index (χ2n) is 4.83. The zero-order chi connectivity index (χ0) is 16.4. The highest BCUT2D eigenvalue weighted by Gasteiger charge is 2.18. The standard InChI is InChI=1S/C14H13N5O3S/c1-9(23-14-15-7-8-18(14)2)12-16-17-13(22-12)10-3-5-11(6-4-10)19(20)21/h3-9H,1-2H3/t9-/m0/s1. The van der Waals surface area contributed by atoms with Gasteiger partial charge in [-0.15, -0.1) is 10.2 Å². The van der Waals surface area contributed by atoms with Crippen LogP contribution in [0.5, 0.6) is 0 Å². The quantitative estimate of drug-likeness (QED) is 0.402. The summed E-state index contributed by atoms with van der Waals surface area (Å²) >= 11 is 1.51. The van der Waals surface area contributed by atoms with Crippen LogP contribution in [-0.2, 0) is 7.05 Å². The molecule has 0 aliphatic rings. The molecule has 0 N–H and O–H groups in total. The van der Waals surface area contributed by atoms with Crippen molar-refractivity contribution in [3.05, 3.63) is 52.7 Å². The van der Waals surface area contributed by atoms with Crippen LogP contribution in [0.2, 0.25) is 0 Å². The van der Waals surface area contributed by atoms with Gasteiger partial charge in [-0.1, -0.05) is 11.8 Å². The Balaban J connectivity index is 1.77. The summed E-state index contributed by atoms with van der Waals surface area (Å²) in [5.74, 6) is 0.813. The summed E-state index contributed by atoms with van der Waals surface area (Å²) < 4.78 is 7.58. The lowest BCUT2D eigenvalue weighted by molar-refractivity contribution is -0.384. The van der Waals surface area contributed by atoms with Gasteiger partial charge in [-0.25, -0.2) is 4.98 Å². The number of hydrogen-bond acceptors (Lipinski definition) is 7. The molecule has 3 aromatic rings. The third-order valence-electron chi connectivity index (χ3n) is 3.17. The summed E-state index contributed by atoms with van der Waals surface area (Å²) in [6, 6.07) is 5.99. The lowest BCUT2D eigenvalue weighted by atomic mass is 10.2. The van der Waals surface area contributed by atoms with E-state index in [4.69, 9.17) is 4.42 Å². The lowest BCUT2D eigenvalue weighted by Gasteiger charge is -2.05. The van der Waals surface area contributed by atoms with Gasteiger partial charge in [0.2, 0.25) is 11.8 Å². The fraction of sp³-hybridized carbons (Fsp3) is 0.214. The van der Waals surface area contributed by atoms with Gasteiger partial charge in [0.05, 0.1) is 10.2 Å². The van der Waals surface area contributed by atoms with Crippen LogP contribution in [0.3, 0.4) is 0 Å². The van der Waals surface area contributed by atoms with Crippen molar-refractivity contribution in [3.8, 4) is 11.5 Å². The van der Waals surface area contributed by atoms with Gasteiger partial charge in [-0.2, -0.15) is 0 Å². The highest BCUT2D eigenvalue weighted by Crippen LogP contribution is 2.34. The average molecular weight is 331 g/mol. The average Bonchev–Trinajstić information content (AvgIpc) is 3.17. The normalized spacial score (nSPS) is 12.3. The minimum absolute atomic E-state index is 0.0206. The zero-order valence-corrected chi connectivity index (χ0v) is 13.2. The number of nitro benzene ring substituents is 1. The first kappa shape index (κ1) is 15.2. The number of aromatic nitrogens is 4. The molecule has 0 aliphatic heterocycles. The predicted octanol–water partition coefficient (Wildman–Crippen LogP) is 3.23. The SMILES string of the molecule is C[C@H](Sc1nccn1C)c1nnc(-c2ccc([N+](=O)[O-])cc2)o1. The van der Waals surface area contributed by atoms with E-state index >= 15 is 0 Å². The van der Waals surface area contributed by atoms with Crippen LogP contribution in [0.1, 0.15) is 18.1 Å². The van der Waals surface area contributed by atoms with Crippen LogP contribution in [-0.4, -0.2) is 24.7 Å². The summed E-state index contributed by atoms with van der Waals surface area (Å²) in [6.07, 6.45) is 3.59. The maximum atomic E-state index is 10.7. The van der Waals surface area contributed by atoms with Crippen molar-refractivity contribution in [2.45, 2.75) is 17.3 Å². The number of rotatable bonds is 5. The highest BCUT2D eigenvalue weighted by molar-refractivity contribution is 7.99. The van der Waals surface area contributed by atoms with Crippen molar-refractivity contribution in [1.29, 1.82) is 0 Å². The number of imidazole rings is 1. The Hall–Kier alpha value is -2.68. The molecule has 0 radical (unpaired) electrons. The van der Waals surface area contributed by atoms with Crippen LogP contribution < -0.4 is 0 Å². The van der Waals surface area contributed by atoms with E-state index in [9.17, 15) is 10.1 Å². The number of benzene rings is 1. The molecule has 0 bridgehead atoms. The Morgan fingerprint density at radius 2 is 2.04 bits per heavy atom. The minimum atomic E-state index is -0.450. The number of hydrogen-bond donors (Lipinski definition) is 0. The smallest absolute Gasteiger partial charge is 0.269 e. The molecular formula is C14H13N5O3S. The number of nitrogens with zero attached hydrogens (tertiary/aromatic N) is 5. The van der Waals surface area contributed by atoms with Crippen LogP contribution in [0, 0.1) is 10.1 Å². The van der Waals surface area contributed by atoms with Crippen LogP contribution in [0.4, 0.5) is 5.69 Å². The predicted molar refractivity (Wildman–Crippen MR) is 83.9 cm³/mol. The van der Waals surface area contributed by atoms with E-state index in [0.717, 1.165) is 5.16 Å². The molecule has 0 unspecified atom stereocenters. The fourth-order valence-corrected chi connectivity index (χ4v) is 2.78. The van der Waals surface area contributed by atoms with Gasteiger partial charge in [0.1, 0.15) is 0 Å². The topological polar surface area (TPSA) is 99.9 Å². The van der Waals surface area contributed by atoms with Gasteiger partial charge in [-0.05, 0) is 19.1 Å². The molecule has 0 amide bonds. The van der Waals surface area contributed by atoms with Crippen LogP contribution in [0.25, 0.3) is 11.5 Å². The molecule has 23 heavy (non-hydrogen) atoms. The van der Waals surface area contributed by atoms with E-state index in [1.165, 1.54) is 23.9 Å². The van der Waals surface area contributed by atoms with E-state index < -0.39 is 4.92 Å². The van der Waals surface area contributed by atoms with Crippen molar-refractivity contribution in [3.63, 3.8) is 0 Å². The molecule has 1 aromatic carbocycles. The van der Waals surface area contributed by atoms with Crippen LogP contribution in [0.15, 0.2) is 46.2 Å². The Bertz CT molecular complexity index is 827. The Kier molecular flexibility index (Phi) is 4.11. The highest BCUT2D eigenvalue weighted by atomic mass is 32.2. The number of non-ortho nitro benzene ring substituents is 1. The molecule has 0 saturated carbocycles. The minimum Gasteiger partial charge on any atom is -0.419 e. The van der Waals surface area contributed by atoms with Gasteiger partial charge in [-0.3, -0.25) is 10.1 Å². The second kappa shape index (κ2) is 6.21. The largest absolute Gasteiger partial charge is 0.419 e. The van der Waals surface area contributed by atoms with Gasteiger partial charge < -0.3 is 8.98 Å². The third kappa shape index (κ3) is 3.24. The van der Waals surface area contributed by atoms with E-state index in [-0.39, 0.29) is 10.9 Å². The van der Waals surface area contributed by atoms with E-state index in [1.807, 2.05) is 24.7 Å². The molecule has 1 atom stereocenters. The number of aryl methyl sites for hydroxylation is 1. The van der Waals surface area contributed by atoms with Gasteiger partial charge in [0.25, 0.3) is 5.69 Å². The molecule has 2 heterocycles. The summed E-state index contributed by atoms with van der Waals surface area (Å²) in [5, 5.41) is 19.5. The van der Waals surface area contributed by atoms with Crippen molar-refractivity contribution < 1.29 is 9.34 Å². The first-order chi connectivity index (χ1) is 11.0. The van der Waals surface area contributed by atoms with E-state index in [1.54, 1.807) is 18.3 Å². The molecule has 2 aromatic heterocycles. The van der Waals surface area contributed by atoms with Crippen molar-refractivity contribution in [2.75, 3.05) is 0 Å². The zero-order valence-electron chi connectivity index (χ0n) is 12.4. The molecule has 8 nitrogen and oxygen atoms in total. The summed E-state index contributed by atoms with van der Waals surface area (Å²) in [7, 11) is 1.91. The van der Waals surface area contributed by atoms with Gasteiger partial charge in [0.15, 0.2) is 5.16 Å². The van der Waals surface area contributed by atoms with Gasteiger partial charge in [0, 0.05) is 37.1 Å². The maximum Gasteiger partial charge on any atom is 0.269 e. The third-order valence-corrected chi connectivity index (χ3v) is 4.33. The molecule has 0 saturated heterocycles. The summed E-state index contributed by atoms with van der Waals surface area (Å²) in [5.41, 5.74) is 0.663. The summed E-state index contributed by atoms with van der Waals surface area (Å²) in [4.78, 5) is 14.5. The van der Waals surface area contributed by atoms with E-state index in [0.29, 0.717) is 17.3 Å². The number of thioether (sulfide) groups is 1. The second-order valence-corrected chi connectivity index (χ2v) is 6.14. The van der Waals surface area contributed by atoms with E-state index in [2.05, 4.69) is 15.2 Å². The first-order valence-electron chi connectivity index (χ1n) is 6.77. The molecule has 0 aliphatic carbocycles. The Morgan fingerprint density at radius 1 is 1.30 bits per heavy atom. The first-order valence-corrected chi connectivity index (χ1v) is 7.65. The molecule has 0 fully saturated rings. The molecule has 0 spiro atoms. The maximum absolute atomic E-state index is 10.7. The molecular weight excluding hydrogens is 318 g/mol. The number of nitro groups is 1. The van der Waals surface area contributed by atoms with Crippen molar-refractivity contribution >= 4 is 17.4 Å². The Labute approximate surface area is 135 Å². The fourth-order valence-electron chi connectivity index (χ4n) is 1.92. The molecule has 118 valence electrons. The monoisotopic (exact) mass is 331 g/mol. The Morgan fingerprint density at radius 3 is 2.65 bits per heavy atom.